The number of hydrogen-bond donors (Lipinski definition) is 2. The highest BCUT2D eigenvalue weighted by molar-refractivity contribution is 7.46. The molecule has 0 aromatic rings. The molecule has 1 atom stereocenters. The molecule has 0 saturated heterocycles. The number of unbranched alkanes of at least 4 members (excludes halogenated alkanes) is 15. The fourth-order valence-corrected chi connectivity index (χ4v) is 4.54. The Balaban J connectivity index is 0. The molecule has 0 heterocycles. The van der Waals surface area contributed by atoms with E-state index in [4.69, 9.17) is 9.79 Å². The molecule has 34 heavy (non-hydrogen) atoms. The molecule has 0 radical (unpaired) electrons. The van der Waals surface area contributed by atoms with Crippen LogP contribution in [0.2, 0.25) is 0 Å². The standard InChI is InChI=1S/C14H31N.C14H31O4P/c1-4-5-6-7-8-9-10-11-12-13-14-15(2)3;1-3-5-7-8-9-10-12-14(11-6-4-2)13-18-19(15,16)17/h4-14H2,1-3H3;14H,3-13H2,1-2H3,(H2,15,16,17). The van der Waals surface area contributed by atoms with Crippen molar-refractivity contribution in [2.75, 3.05) is 27.2 Å². The Morgan fingerprint density at radius 2 is 1.00 bits per heavy atom. The molecule has 0 aliphatic carbocycles. The van der Waals surface area contributed by atoms with Crippen LogP contribution in [0.25, 0.3) is 0 Å². The van der Waals surface area contributed by atoms with E-state index in [1.807, 2.05) is 0 Å². The first-order valence-corrected chi connectivity index (χ1v) is 16.1. The smallest absolute Gasteiger partial charge is 0.309 e. The molecule has 2 N–H and O–H groups in total. The molecular formula is C28H62NO4P. The minimum absolute atomic E-state index is 0.194. The highest BCUT2D eigenvalue weighted by Crippen LogP contribution is 2.37. The van der Waals surface area contributed by atoms with Gasteiger partial charge in [0.1, 0.15) is 0 Å². The second-order valence-corrected chi connectivity index (χ2v) is 11.6. The summed E-state index contributed by atoms with van der Waals surface area (Å²) in [5.41, 5.74) is 0. The maximum atomic E-state index is 10.7. The number of phosphoric ester groups is 1. The SMILES string of the molecule is CCCCCCCCC(CCCC)COP(=O)(O)O.CCCCCCCCCCCCN(C)C. The quantitative estimate of drug-likeness (QED) is 0.101. The summed E-state index contributed by atoms with van der Waals surface area (Å²) in [5, 5.41) is 0. The highest BCUT2D eigenvalue weighted by atomic mass is 31.2. The Hall–Kier alpha value is 0.0700. The summed E-state index contributed by atoms with van der Waals surface area (Å²) in [7, 11) is 0.0153. The lowest BCUT2D eigenvalue weighted by Gasteiger charge is -2.17. The van der Waals surface area contributed by atoms with E-state index in [1.165, 1.54) is 103 Å². The molecule has 0 aromatic carbocycles. The average Bonchev–Trinajstić information content (AvgIpc) is 2.78. The van der Waals surface area contributed by atoms with Crippen molar-refractivity contribution in [2.24, 2.45) is 5.92 Å². The summed E-state index contributed by atoms with van der Waals surface area (Å²) in [6, 6.07) is 0. The number of rotatable bonds is 24. The van der Waals surface area contributed by atoms with Gasteiger partial charge in [0.2, 0.25) is 0 Å². The van der Waals surface area contributed by atoms with E-state index in [9.17, 15) is 4.57 Å². The molecule has 208 valence electrons. The molecule has 0 fully saturated rings. The predicted molar refractivity (Wildman–Crippen MR) is 149 cm³/mol. The van der Waals surface area contributed by atoms with Gasteiger partial charge in [-0.1, -0.05) is 130 Å². The van der Waals surface area contributed by atoms with Gasteiger partial charge >= 0.3 is 7.82 Å². The first-order chi connectivity index (χ1) is 16.3. The van der Waals surface area contributed by atoms with Crippen LogP contribution in [0.5, 0.6) is 0 Å². The Bertz CT molecular complexity index is 429. The second-order valence-electron chi connectivity index (χ2n) is 10.3. The van der Waals surface area contributed by atoms with Gasteiger partial charge in [-0.05, 0) is 45.8 Å². The molecular weight excluding hydrogens is 445 g/mol. The molecule has 0 aliphatic rings. The normalized spacial score (nSPS) is 12.6. The fourth-order valence-electron chi connectivity index (χ4n) is 4.14. The van der Waals surface area contributed by atoms with Gasteiger partial charge in [-0.2, -0.15) is 0 Å². The summed E-state index contributed by atoms with van der Waals surface area (Å²) in [5.74, 6) is 0.291. The molecule has 0 rings (SSSR count). The zero-order chi connectivity index (χ0) is 25.9. The Morgan fingerprint density at radius 3 is 1.41 bits per heavy atom. The van der Waals surface area contributed by atoms with Crippen molar-refractivity contribution in [1.82, 2.24) is 4.90 Å². The van der Waals surface area contributed by atoms with Crippen LogP contribution < -0.4 is 0 Å². The number of nitrogens with zero attached hydrogens (tertiary/aromatic N) is 1. The minimum Gasteiger partial charge on any atom is -0.309 e. The zero-order valence-electron chi connectivity index (χ0n) is 23.7. The van der Waals surface area contributed by atoms with Crippen LogP contribution in [0.4, 0.5) is 0 Å². The third-order valence-electron chi connectivity index (χ3n) is 6.37. The van der Waals surface area contributed by atoms with Crippen molar-refractivity contribution in [2.45, 2.75) is 149 Å². The molecule has 0 aliphatic heterocycles. The van der Waals surface area contributed by atoms with Gasteiger partial charge in [-0.15, -0.1) is 0 Å². The maximum Gasteiger partial charge on any atom is 0.469 e. The highest BCUT2D eigenvalue weighted by Gasteiger charge is 2.17. The number of phosphoric acid groups is 1. The first kappa shape index (κ1) is 36.2. The molecule has 0 saturated carbocycles. The van der Waals surface area contributed by atoms with E-state index in [1.54, 1.807) is 0 Å². The van der Waals surface area contributed by atoms with Gasteiger partial charge in [0, 0.05) is 0 Å². The minimum atomic E-state index is -4.31. The van der Waals surface area contributed by atoms with Gasteiger partial charge in [0.25, 0.3) is 0 Å². The number of hydrogen-bond acceptors (Lipinski definition) is 3. The van der Waals surface area contributed by atoms with Gasteiger partial charge in [0.05, 0.1) is 6.61 Å². The predicted octanol–water partition coefficient (Wildman–Crippen LogP) is 9.12. The van der Waals surface area contributed by atoms with Crippen molar-refractivity contribution in [1.29, 1.82) is 0 Å². The van der Waals surface area contributed by atoms with E-state index in [2.05, 4.69) is 44.3 Å². The van der Waals surface area contributed by atoms with Crippen LogP contribution in [0, 0.1) is 5.92 Å². The molecule has 0 amide bonds. The topological polar surface area (TPSA) is 70.0 Å². The first-order valence-electron chi connectivity index (χ1n) is 14.6. The molecule has 0 aromatic heterocycles. The zero-order valence-corrected chi connectivity index (χ0v) is 24.6. The van der Waals surface area contributed by atoms with E-state index in [-0.39, 0.29) is 6.61 Å². The van der Waals surface area contributed by atoms with E-state index in [0.717, 1.165) is 32.1 Å². The van der Waals surface area contributed by atoms with Crippen molar-refractivity contribution >= 4 is 7.82 Å². The summed E-state index contributed by atoms with van der Waals surface area (Å²) >= 11 is 0. The van der Waals surface area contributed by atoms with Gasteiger partial charge in [-0.3, -0.25) is 4.52 Å². The third-order valence-corrected chi connectivity index (χ3v) is 6.85. The van der Waals surface area contributed by atoms with E-state index in [0.29, 0.717) is 5.92 Å². The molecule has 5 nitrogen and oxygen atoms in total. The van der Waals surface area contributed by atoms with Crippen LogP contribution in [-0.2, 0) is 9.09 Å². The fraction of sp³-hybridized carbons (Fsp3) is 1.00. The van der Waals surface area contributed by atoms with Gasteiger partial charge < -0.3 is 14.7 Å². The van der Waals surface area contributed by atoms with Crippen LogP contribution in [-0.4, -0.2) is 41.9 Å². The molecule has 0 spiro atoms. The van der Waals surface area contributed by atoms with Gasteiger partial charge in [0.15, 0.2) is 0 Å². The molecule has 6 heteroatoms. The second kappa shape index (κ2) is 27.7. The molecule has 1 unspecified atom stereocenters. The van der Waals surface area contributed by atoms with Crippen LogP contribution in [0.3, 0.4) is 0 Å². The lowest BCUT2D eigenvalue weighted by atomic mass is 9.96. The van der Waals surface area contributed by atoms with Crippen LogP contribution in [0.1, 0.15) is 149 Å². The Labute approximate surface area is 214 Å². The Morgan fingerprint density at radius 1 is 0.618 bits per heavy atom. The Kier molecular flexibility index (Phi) is 29.5. The van der Waals surface area contributed by atoms with Crippen molar-refractivity contribution in [3.63, 3.8) is 0 Å². The maximum absolute atomic E-state index is 10.7. The van der Waals surface area contributed by atoms with Crippen molar-refractivity contribution < 1.29 is 18.9 Å². The van der Waals surface area contributed by atoms with Crippen LogP contribution in [0.15, 0.2) is 0 Å². The van der Waals surface area contributed by atoms with E-state index < -0.39 is 7.82 Å². The van der Waals surface area contributed by atoms with Crippen LogP contribution >= 0.6 is 7.82 Å². The summed E-state index contributed by atoms with van der Waals surface area (Å²) in [6.45, 7) is 8.08. The summed E-state index contributed by atoms with van der Waals surface area (Å²) < 4.78 is 15.4. The summed E-state index contributed by atoms with van der Waals surface area (Å²) in [6.07, 6.45) is 26.1. The van der Waals surface area contributed by atoms with Crippen molar-refractivity contribution in [3.05, 3.63) is 0 Å². The van der Waals surface area contributed by atoms with E-state index >= 15 is 0 Å². The lowest BCUT2D eigenvalue weighted by molar-refractivity contribution is 0.157. The largest absolute Gasteiger partial charge is 0.469 e. The summed E-state index contributed by atoms with van der Waals surface area (Å²) in [4.78, 5) is 19.8. The third kappa shape index (κ3) is 34.2. The van der Waals surface area contributed by atoms with Gasteiger partial charge in [-0.25, -0.2) is 4.57 Å². The van der Waals surface area contributed by atoms with Crippen molar-refractivity contribution in [3.8, 4) is 0 Å². The lowest BCUT2D eigenvalue weighted by Crippen LogP contribution is -2.12. The average molecular weight is 508 g/mol. The monoisotopic (exact) mass is 507 g/mol. The molecule has 0 bridgehead atoms.